The van der Waals surface area contributed by atoms with Crippen LogP contribution in [0, 0.1) is 0 Å². The van der Waals surface area contributed by atoms with E-state index in [0.717, 1.165) is 10.0 Å². The Hall–Kier alpha value is -3.45. The Bertz CT molecular complexity index is 1030. The molecule has 29 heavy (non-hydrogen) atoms. The van der Waals surface area contributed by atoms with Gasteiger partial charge in [0.05, 0.1) is 18.9 Å². The first-order valence-electron chi connectivity index (χ1n) is 8.60. The average Bonchev–Trinajstić information content (AvgIpc) is 2.75. The molecule has 146 valence electrons. The topological polar surface area (TPSA) is 77.0 Å². The summed E-state index contributed by atoms with van der Waals surface area (Å²) < 4.78 is 11.2. The van der Waals surface area contributed by atoms with E-state index in [2.05, 4.69) is 26.5 Å². The van der Waals surface area contributed by atoms with E-state index in [0.29, 0.717) is 22.6 Å². The number of amides is 1. The van der Waals surface area contributed by atoms with Crippen molar-refractivity contribution in [1.29, 1.82) is 0 Å². The Morgan fingerprint density at radius 1 is 0.931 bits per heavy atom. The Labute approximate surface area is 176 Å². The van der Waals surface area contributed by atoms with Gasteiger partial charge in [-0.3, -0.25) is 4.79 Å². The summed E-state index contributed by atoms with van der Waals surface area (Å²) in [5, 5.41) is 3.94. The molecule has 3 aromatic rings. The molecule has 6 nitrogen and oxygen atoms in total. The fourth-order valence-corrected chi connectivity index (χ4v) is 2.77. The highest BCUT2D eigenvalue weighted by molar-refractivity contribution is 9.10. The van der Waals surface area contributed by atoms with E-state index < -0.39 is 5.97 Å². The minimum absolute atomic E-state index is 0.312. The number of halogens is 1. The lowest BCUT2D eigenvalue weighted by atomic mass is 10.2. The number of hydrazone groups is 1. The van der Waals surface area contributed by atoms with Crippen LogP contribution in [0.3, 0.4) is 0 Å². The number of carbonyl (C=O) groups excluding carboxylic acids is 2. The maximum atomic E-state index is 12.2. The van der Waals surface area contributed by atoms with Crippen LogP contribution in [-0.4, -0.2) is 25.2 Å². The van der Waals surface area contributed by atoms with Crippen molar-refractivity contribution >= 4 is 34.0 Å². The second-order valence-electron chi connectivity index (χ2n) is 5.90. The van der Waals surface area contributed by atoms with Crippen LogP contribution in [0.2, 0.25) is 0 Å². The van der Waals surface area contributed by atoms with E-state index in [-0.39, 0.29) is 5.91 Å². The number of nitrogens with one attached hydrogen (secondary N) is 1. The molecule has 0 saturated carbocycles. The average molecular weight is 453 g/mol. The molecule has 0 aliphatic rings. The standard InChI is InChI=1S/C22H17BrN2O4/c1-28-19-11-7-16(8-12-19)22(27)29-20-9-5-15(6-10-20)14-24-25-21(26)17-3-2-4-18(23)13-17/h2-14H,1H3,(H,25,26)/b24-14+. The van der Waals surface area contributed by atoms with E-state index in [1.807, 2.05) is 6.07 Å². The summed E-state index contributed by atoms with van der Waals surface area (Å²) in [7, 11) is 1.56. The Morgan fingerprint density at radius 2 is 1.62 bits per heavy atom. The van der Waals surface area contributed by atoms with Crippen molar-refractivity contribution in [3.63, 3.8) is 0 Å². The van der Waals surface area contributed by atoms with Crippen molar-refractivity contribution < 1.29 is 19.1 Å². The van der Waals surface area contributed by atoms with Gasteiger partial charge in [0.2, 0.25) is 0 Å². The predicted octanol–water partition coefficient (Wildman–Crippen LogP) is 4.44. The van der Waals surface area contributed by atoms with Gasteiger partial charge in [0.25, 0.3) is 5.91 Å². The molecule has 1 N–H and O–H groups in total. The quantitative estimate of drug-likeness (QED) is 0.259. The van der Waals surface area contributed by atoms with Crippen LogP contribution in [0.15, 0.2) is 82.4 Å². The first-order chi connectivity index (χ1) is 14.0. The monoisotopic (exact) mass is 452 g/mol. The van der Waals surface area contributed by atoms with Gasteiger partial charge in [-0.15, -0.1) is 0 Å². The second-order valence-corrected chi connectivity index (χ2v) is 6.81. The molecule has 0 spiro atoms. The Balaban J connectivity index is 1.56. The molecule has 1 amide bonds. The largest absolute Gasteiger partial charge is 0.497 e. The van der Waals surface area contributed by atoms with Crippen molar-refractivity contribution in [2.75, 3.05) is 7.11 Å². The van der Waals surface area contributed by atoms with Crippen molar-refractivity contribution in [1.82, 2.24) is 5.43 Å². The molecule has 7 heteroatoms. The van der Waals surface area contributed by atoms with Crippen LogP contribution in [0.1, 0.15) is 26.3 Å². The van der Waals surface area contributed by atoms with Crippen molar-refractivity contribution in [3.8, 4) is 11.5 Å². The molecule has 0 heterocycles. The van der Waals surface area contributed by atoms with Gasteiger partial charge in [-0.2, -0.15) is 5.10 Å². The van der Waals surface area contributed by atoms with Crippen LogP contribution < -0.4 is 14.9 Å². The van der Waals surface area contributed by atoms with Gasteiger partial charge in [-0.1, -0.05) is 22.0 Å². The summed E-state index contributed by atoms with van der Waals surface area (Å²) >= 11 is 3.32. The SMILES string of the molecule is COc1ccc(C(=O)Oc2ccc(/C=N/NC(=O)c3cccc(Br)c3)cc2)cc1. The van der Waals surface area contributed by atoms with Crippen molar-refractivity contribution in [2.24, 2.45) is 5.10 Å². The number of hydrogen-bond donors (Lipinski definition) is 1. The molecule has 0 radical (unpaired) electrons. The summed E-state index contributed by atoms with van der Waals surface area (Å²) in [6, 6.07) is 20.4. The first-order valence-corrected chi connectivity index (χ1v) is 9.40. The highest BCUT2D eigenvalue weighted by atomic mass is 79.9. The number of methoxy groups -OCH3 is 1. The number of benzene rings is 3. The van der Waals surface area contributed by atoms with Gasteiger partial charge >= 0.3 is 5.97 Å². The van der Waals surface area contributed by atoms with Gasteiger partial charge in [0.15, 0.2) is 0 Å². The zero-order valence-corrected chi connectivity index (χ0v) is 17.0. The molecule has 0 bridgehead atoms. The molecule has 0 aliphatic carbocycles. The molecule has 0 unspecified atom stereocenters. The molecule has 3 aromatic carbocycles. The lowest BCUT2D eigenvalue weighted by molar-refractivity contribution is 0.0734. The van der Waals surface area contributed by atoms with Crippen molar-refractivity contribution in [3.05, 3.63) is 94.0 Å². The number of carbonyl (C=O) groups is 2. The number of esters is 1. The summed E-state index contributed by atoms with van der Waals surface area (Å²) in [6.07, 6.45) is 1.50. The number of ether oxygens (including phenoxy) is 2. The van der Waals surface area contributed by atoms with Crippen LogP contribution in [0.4, 0.5) is 0 Å². The van der Waals surface area contributed by atoms with Crippen LogP contribution in [0.25, 0.3) is 0 Å². The summed E-state index contributed by atoms with van der Waals surface area (Å²) in [5.74, 6) is 0.293. The molecule has 3 rings (SSSR count). The lowest BCUT2D eigenvalue weighted by Crippen LogP contribution is -2.17. The number of hydrogen-bond acceptors (Lipinski definition) is 5. The molecule has 0 saturated heterocycles. The zero-order valence-electron chi connectivity index (χ0n) is 15.5. The van der Waals surface area contributed by atoms with E-state index in [1.165, 1.54) is 6.21 Å². The van der Waals surface area contributed by atoms with Crippen LogP contribution in [0.5, 0.6) is 11.5 Å². The zero-order chi connectivity index (χ0) is 20.6. The van der Waals surface area contributed by atoms with E-state index in [1.54, 1.807) is 73.8 Å². The lowest BCUT2D eigenvalue weighted by Gasteiger charge is -2.05. The van der Waals surface area contributed by atoms with Gasteiger partial charge < -0.3 is 9.47 Å². The third-order valence-electron chi connectivity index (χ3n) is 3.88. The predicted molar refractivity (Wildman–Crippen MR) is 114 cm³/mol. The fraction of sp³-hybridized carbons (Fsp3) is 0.0455. The van der Waals surface area contributed by atoms with Crippen molar-refractivity contribution in [2.45, 2.75) is 0 Å². The number of nitrogens with zero attached hydrogens (tertiary/aromatic N) is 1. The van der Waals surface area contributed by atoms with Crippen LogP contribution in [-0.2, 0) is 0 Å². The minimum atomic E-state index is -0.463. The third kappa shape index (κ3) is 5.76. The normalized spacial score (nSPS) is 10.6. The van der Waals surface area contributed by atoms with Gasteiger partial charge in [-0.05, 0) is 72.3 Å². The van der Waals surface area contributed by atoms with E-state index in [9.17, 15) is 9.59 Å². The second kappa shape index (κ2) is 9.66. The molecular formula is C22H17BrN2O4. The molecular weight excluding hydrogens is 436 g/mol. The summed E-state index contributed by atoms with van der Waals surface area (Å²) in [4.78, 5) is 24.2. The summed E-state index contributed by atoms with van der Waals surface area (Å²) in [6.45, 7) is 0. The maximum absolute atomic E-state index is 12.2. The Kier molecular flexibility index (Phi) is 6.76. The number of rotatable bonds is 6. The van der Waals surface area contributed by atoms with Gasteiger partial charge in [0, 0.05) is 10.0 Å². The van der Waals surface area contributed by atoms with Crippen LogP contribution >= 0.6 is 15.9 Å². The third-order valence-corrected chi connectivity index (χ3v) is 4.38. The molecule has 0 atom stereocenters. The molecule has 0 fully saturated rings. The fourth-order valence-electron chi connectivity index (χ4n) is 2.37. The smallest absolute Gasteiger partial charge is 0.343 e. The van der Waals surface area contributed by atoms with Gasteiger partial charge in [-0.25, -0.2) is 10.2 Å². The molecule has 0 aromatic heterocycles. The summed E-state index contributed by atoms with van der Waals surface area (Å²) in [5.41, 5.74) is 4.13. The van der Waals surface area contributed by atoms with E-state index >= 15 is 0 Å². The Morgan fingerprint density at radius 3 is 2.28 bits per heavy atom. The highest BCUT2D eigenvalue weighted by Gasteiger charge is 2.08. The maximum Gasteiger partial charge on any atom is 0.343 e. The minimum Gasteiger partial charge on any atom is -0.497 e. The van der Waals surface area contributed by atoms with E-state index in [4.69, 9.17) is 9.47 Å². The van der Waals surface area contributed by atoms with Gasteiger partial charge in [0.1, 0.15) is 11.5 Å². The first kappa shape index (κ1) is 20.3. The molecule has 0 aliphatic heterocycles. The highest BCUT2D eigenvalue weighted by Crippen LogP contribution is 2.16.